The highest BCUT2D eigenvalue weighted by Crippen LogP contribution is 1.88. The van der Waals surface area contributed by atoms with Crippen molar-refractivity contribution >= 4 is 29.3 Å². The lowest BCUT2D eigenvalue weighted by Crippen LogP contribution is -2.26. The Labute approximate surface area is 73.5 Å². The van der Waals surface area contributed by atoms with E-state index in [2.05, 4.69) is 11.6 Å². The topological polar surface area (TPSA) is 43.1 Å². The molecule has 0 spiro atoms. The van der Waals surface area contributed by atoms with Gasteiger partial charge in [0.15, 0.2) is 0 Å². The summed E-state index contributed by atoms with van der Waals surface area (Å²) in [7, 11) is 0. The zero-order valence-electron chi connectivity index (χ0n) is 6.77. The summed E-state index contributed by atoms with van der Waals surface area (Å²) in [5.41, 5.74) is 5.35. The molecule has 0 aliphatic rings. The number of nitrogens with two attached hydrogens (primary N) is 1. The normalized spacial score (nSPS) is 8.60. The molecule has 10 heavy (non-hydrogen) atoms. The van der Waals surface area contributed by atoms with Crippen molar-refractivity contribution in [1.29, 1.82) is 0 Å². The van der Waals surface area contributed by atoms with Crippen LogP contribution >= 0.6 is 24.0 Å². The van der Waals surface area contributed by atoms with Crippen molar-refractivity contribution in [2.75, 3.05) is 0 Å². The molecule has 0 saturated carbocycles. The molecule has 0 aromatic heterocycles. The van der Waals surface area contributed by atoms with Gasteiger partial charge in [0.25, 0.3) is 0 Å². The molecule has 0 aliphatic heterocycles. The van der Waals surface area contributed by atoms with Crippen molar-refractivity contribution in [2.45, 2.75) is 33.2 Å². The average molecular weight is 188 g/mol. The van der Waals surface area contributed by atoms with Gasteiger partial charge in [0, 0.05) is 12.5 Å². The van der Waals surface area contributed by atoms with E-state index in [1.165, 1.54) is 6.92 Å². The monoisotopic (exact) mass is 187 g/mol. The van der Waals surface area contributed by atoms with Crippen molar-refractivity contribution in [3.63, 3.8) is 0 Å². The molecule has 2 nitrogen and oxygen atoms in total. The molecule has 0 atom stereocenters. The van der Waals surface area contributed by atoms with Crippen LogP contribution in [0.4, 0.5) is 0 Å². The first kappa shape index (κ1) is 16.7. The fourth-order valence-corrected chi connectivity index (χ4v) is 0. The third kappa shape index (κ3) is 9680. The molecule has 0 aromatic carbocycles. The van der Waals surface area contributed by atoms with E-state index in [9.17, 15) is 4.79 Å². The quantitative estimate of drug-likeness (QED) is 0.590. The maximum atomic E-state index is 9.21. The van der Waals surface area contributed by atoms with E-state index in [-0.39, 0.29) is 23.2 Å². The molecule has 0 aliphatic carbocycles. The first-order chi connectivity index (χ1) is 3.73. The second-order valence-corrected chi connectivity index (χ2v) is 3.37. The summed E-state index contributed by atoms with van der Waals surface area (Å²) in [6.45, 7) is 7.19. The van der Waals surface area contributed by atoms with Crippen molar-refractivity contribution in [3.8, 4) is 0 Å². The molecular weight excluding hydrogens is 173 g/mol. The fourth-order valence-electron chi connectivity index (χ4n) is 0. The van der Waals surface area contributed by atoms with Crippen LogP contribution < -0.4 is 5.73 Å². The molecule has 0 unspecified atom stereocenters. The zero-order valence-corrected chi connectivity index (χ0v) is 8.34. The predicted molar refractivity (Wildman–Crippen MR) is 47.7 cm³/mol. The molecule has 64 valence electrons. The van der Waals surface area contributed by atoms with Crippen LogP contribution in [-0.2, 0) is 4.79 Å². The van der Waals surface area contributed by atoms with Gasteiger partial charge in [-0.3, -0.25) is 4.79 Å². The van der Waals surface area contributed by atoms with Crippen LogP contribution in [0.15, 0.2) is 0 Å². The van der Waals surface area contributed by atoms with Gasteiger partial charge in [0.05, 0.1) is 0 Å². The van der Waals surface area contributed by atoms with Gasteiger partial charge in [-0.15, -0.1) is 12.4 Å². The molecule has 4 heteroatoms. The lowest BCUT2D eigenvalue weighted by Gasteiger charge is -2.06. The Morgan fingerprint density at radius 3 is 1.40 bits per heavy atom. The second kappa shape index (κ2) is 7.32. The highest BCUT2D eigenvalue weighted by atomic mass is 35.5. The molecule has 0 radical (unpaired) electrons. The number of rotatable bonds is 0. The number of halogens is 2. The SMILES string of the molecule is CC(=O)Cl.CC(C)(C)N.Cl. The van der Waals surface area contributed by atoms with Crippen LogP contribution in [0.1, 0.15) is 27.7 Å². The maximum absolute atomic E-state index is 9.21. The van der Waals surface area contributed by atoms with E-state index >= 15 is 0 Å². The number of carbonyl (C=O) groups is 1. The minimum atomic E-state index is -0.361. The number of hydrogen-bond donors (Lipinski definition) is 1. The predicted octanol–water partition coefficient (Wildman–Crippen LogP) is 1.94. The molecule has 2 N–H and O–H groups in total. The zero-order chi connectivity index (χ0) is 8.08. The van der Waals surface area contributed by atoms with Gasteiger partial charge in [-0.2, -0.15) is 0 Å². The Morgan fingerprint density at radius 2 is 1.40 bits per heavy atom. The largest absolute Gasteiger partial charge is 0.326 e. The molecule has 0 saturated heterocycles. The Bertz CT molecular complexity index is 78.2. The van der Waals surface area contributed by atoms with E-state index < -0.39 is 0 Å². The van der Waals surface area contributed by atoms with Crippen molar-refractivity contribution < 1.29 is 4.79 Å². The van der Waals surface area contributed by atoms with Crippen LogP contribution in [0.5, 0.6) is 0 Å². The fraction of sp³-hybridized carbons (Fsp3) is 0.833. The molecule has 0 amide bonds. The molecule has 0 fully saturated rings. The Hall–Kier alpha value is 0.210. The standard InChI is InChI=1S/C4H11N.C2H3ClO.ClH/c1-4(2,3)5;1-2(3)4;/h5H2,1-3H3;1H3;1H. The van der Waals surface area contributed by atoms with E-state index in [0.717, 1.165) is 0 Å². The van der Waals surface area contributed by atoms with Gasteiger partial charge in [0.2, 0.25) is 5.24 Å². The third-order valence-corrected chi connectivity index (χ3v) is 0. The van der Waals surface area contributed by atoms with Gasteiger partial charge in [0.1, 0.15) is 0 Å². The van der Waals surface area contributed by atoms with Gasteiger partial charge >= 0.3 is 0 Å². The summed E-state index contributed by atoms with van der Waals surface area (Å²) in [6.07, 6.45) is 0. The Kier molecular flexibility index (Phi) is 12.2. The van der Waals surface area contributed by atoms with Crippen molar-refractivity contribution in [2.24, 2.45) is 5.73 Å². The second-order valence-electron chi connectivity index (χ2n) is 2.84. The molecule has 0 bridgehead atoms. The molecular formula is C6H15Cl2NO. The molecule has 0 aromatic rings. The number of hydrogen-bond acceptors (Lipinski definition) is 2. The van der Waals surface area contributed by atoms with E-state index in [1.807, 2.05) is 20.8 Å². The van der Waals surface area contributed by atoms with Crippen LogP contribution in [0.2, 0.25) is 0 Å². The minimum absolute atomic E-state index is 0. The summed E-state index contributed by atoms with van der Waals surface area (Å²) in [5, 5.41) is -0.361. The third-order valence-electron chi connectivity index (χ3n) is 0. The van der Waals surface area contributed by atoms with Crippen LogP contribution in [0, 0.1) is 0 Å². The van der Waals surface area contributed by atoms with Gasteiger partial charge in [-0.05, 0) is 32.4 Å². The smallest absolute Gasteiger partial charge is 0.218 e. The molecule has 0 rings (SSSR count). The average Bonchev–Trinajstić information content (AvgIpc) is 1.19. The lowest BCUT2D eigenvalue weighted by atomic mass is 10.1. The summed E-state index contributed by atoms with van der Waals surface area (Å²) in [6, 6.07) is 0. The Balaban J connectivity index is -0.0000000910. The Morgan fingerprint density at radius 1 is 1.40 bits per heavy atom. The van der Waals surface area contributed by atoms with Gasteiger partial charge in [-0.1, -0.05) is 0 Å². The summed E-state index contributed by atoms with van der Waals surface area (Å²) in [4.78, 5) is 9.21. The van der Waals surface area contributed by atoms with Gasteiger partial charge in [-0.25, -0.2) is 0 Å². The van der Waals surface area contributed by atoms with Crippen LogP contribution in [-0.4, -0.2) is 10.8 Å². The highest BCUT2D eigenvalue weighted by molar-refractivity contribution is 6.62. The van der Waals surface area contributed by atoms with Crippen LogP contribution in [0.25, 0.3) is 0 Å². The van der Waals surface area contributed by atoms with E-state index in [1.54, 1.807) is 0 Å². The van der Waals surface area contributed by atoms with Crippen molar-refractivity contribution in [1.82, 2.24) is 0 Å². The van der Waals surface area contributed by atoms with Gasteiger partial charge < -0.3 is 5.73 Å². The lowest BCUT2D eigenvalue weighted by molar-refractivity contribution is -0.109. The molecule has 0 heterocycles. The maximum Gasteiger partial charge on any atom is 0.218 e. The minimum Gasteiger partial charge on any atom is -0.326 e. The summed E-state index contributed by atoms with van der Waals surface area (Å²) >= 11 is 4.64. The highest BCUT2D eigenvalue weighted by Gasteiger charge is 1.95. The van der Waals surface area contributed by atoms with E-state index in [4.69, 9.17) is 5.73 Å². The first-order valence-corrected chi connectivity index (χ1v) is 3.06. The van der Waals surface area contributed by atoms with E-state index in [0.29, 0.717) is 0 Å². The summed E-state index contributed by atoms with van der Waals surface area (Å²) in [5.74, 6) is 0. The van der Waals surface area contributed by atoms with Crippen LogP contribution in [0.3, 0.4) is 0 Å². The number of carbonyl (C=O) groups excluding carboxylic acids is 1. The summed E-state index contributed by atoms with van der Waals surface area (Å²) < 4.78 is 0. The first-order valence-electron chi connectivity index (χ1n) is 2.68. The van der Waals surface area contributed by atoms with Crippen molar-refractivity contribution in [3.05, 3.63) is 0 Å².